The topological polar surface area (TPSA) is 138 Å². The van der Waals surface area contributed by atoms with Crippen molar-refractivity contribution in [2.24, 2.45) is 5.73 Å². The highest BCUT2D eigenvalue weighted by atomic mass is 16.6. The van der Waals surface area contributed by atoms with Gasteiger partial charge in [0.1, 0.15) is 18.2 Å². The Balaban J connectivity index is 0.000000693. The Morgan fingerprint density at radius 2 is 1.40 bits per heavy atom. The highest BCUT2D eigenvalue weighted by Crippen LogP contribution is 2.29. The summed E-state index contributed by atoms with van der Waals surface area (Å²) in [6.07, 6.45) is 0.627. The SMILES string of the molecule is CC(C)(O)OC1CCN(Cc2ccc(N)c(C(=N)N)c2)C(=O)N(Cc2ccc(OCc3ccccc3)cc2)C1Cc1ccccc1.Cc1ccccc1. The molecule has 0 aromatic heterocycles. The van der Waals surface area contributed by atoms with Gasteiger partial charge in [-0.2, -0.15) is 0 Å². The van der Waals surface area contributed by atoms with E-state index in [0.717, 1.165) is 28.0 Å². The van der Waals surface area contributed by atoms with E-state index in [1.807, 2.05) is 114 Å². The predicted octanol–water partition coefficient (Wildman–Crippen LogP) is 7.68. The van der Waals surface area contributed by atoms with Crippen molar-refractivity contribution >= 4 is 17.6 Å². The number of nitrogen functional groups attached to an aromatic ring is 2. The molecule has 276 valence electrons. The maximum Gasteiger partial charge on any atom is 0.320 e. The van der Waals surface area contributed by atoms with Crippen LogP contribution in [0, 0.1) is 12.3 Å². The van der Waals surface area contributed by atoms with Crippen LogP contribution in [0.1, 0.15) is 53.6 Å². The van der Waals surface area contributed by atoms with Gasteiger partial charge >= 0.3 is 6.03 Å². The Labute approximate surface area is 313 Å². The number of benzene rings is 5. The van der Waals surface area contributed by atoms with Crippen LogP contribution in [0.3, 0.4) is 0 Å². The van der Waals surface area contributed by atoms with Gasteiger partial charge in [-0.15, -0.1) is 0 Å². The molecule has 0 bridgehead atoms. The van der Waals surface area contributed by atoms with Gasteiger partial charge in [-0.25, -0.2) is 4.79 Å². The number of carbonyl (C=O) groups excluding carboxylic acids is 1. The molecule has 5 aromatic rings. The minimum absolute atomic E-state index is 0.124. The summed E-state index contributed by atoms with van der Waals surface area (Å²) in [6, 6.07) is 42.9. The van der Waals surface area contributed by atoms with Crippen molar-refractivity contribution in [3.05, 3.63) is 167 Å². The smallest absolute Gasteiger partial charge is 0.320 e. The molecule has 1 aliphatic heterocycles. The molecule has 53 heavy (non-hydrogen) atoms. The second kappa shape index (κ2) is 18.2. The van der Waals surface area contributed by atoms with E-state index in [9.17, 15) is 9.90 Å². The van der Waals surface area contributed by atoms with Crippen molar-refractivity contribution < 1.29 is 19.4 Å². The van der Waals surface area contributed by atoms with Crippen LogP contribution >= 0.6 is 0 Å². The first kappa shape index (κ1) is 38.6. The van der Waals surface area contributed by atoms with Crippen LogP contribution in [0.15, 0.2) is 133 Å². The van der Waals surface area contributed by atoms with Crippen molar-refractivity contribution in [3.63, 3.8) is 0 Å². The predicted molar refractivity (Wildman–Crippen MR) is 211 cm³/mol. The van der Waals surface area contributed by atoms with Crippen LogP contribution in [0.4, 0.5) is 10.5 Å². The van der Waals surface area contributed by atoms with E-state index >= 15 is 0 Å². The molecule has 1 saturated heterocycles. The number of nitrogens with one attached hydrogen (secondary N) is 1. The van der Waals surface area contributed by atoms with Gasteiger partial charge in [0.15, 0.2) is 5.79 Å². The number of amides is 2. The first-order valence-electron chi connectivity index (χ1n) is 17.9. The largest absolute Gasteiger partial charge is 0.489 e. The Morgan fingerprint density at radius 3 is 1.96 bits per heavy atom. The fraction of sp³-hybridized carbons (Fsp3) is 0.273. The van der Waals surface area contributed by atoms with Crippen LogP contribution in [0.2, 0.25) is 0 Å². The zero-order valence-electron chi connectivity index (χ0n) is 30.8. The first-order chi connectivity index (χ1) is 25.4. The van der Waals surface area contributed by atoms with Crippen molar-refractivity contribution in [3.8, 4) is 5.75 Å². The fourth-order valence-corrected chi connectivity index (χ4v) is 6.35. The molecular formula is C44H51N5O4. The van der Waals surface area contributed by atoms with E-state index in [2.05, 4.69) is 19.1 Å². The Kier molecular flexibility index (Phi) is 13.3. The summed E-state index contributed by atoms with van der Waals surface area (Å²) in [5.41, 5.74) is 17.9. The molecule has 0 saturated carbocycles. The maximum absolute atomic E-state index is 14.5. The number of urea groups is 1. The molecule has 1 aliphatic rings. The number of aryl methyl sites for hydroxylation is 1. The normalized spacial score (nSPS) is 16.0. The fourth-order valence-electron chi connectivity index (χ4n) is 6.35. The maximum atomic E-state index is 14.5. The molecule has 2 unspecified atom stereocenters. The summed E-state index contributed by atoms with van der Waals surface area (Å²) in [5.74, 6) is -0.778. The lowest BCUT2D eigenvalue weighted by Gasteiger charge is -2.38. The van der Waals surface area contributed by atoms with E-state index in [4.69, 9.17) is 26.4 Å². The molecule has 9 heteroatoms. The van der Waals surface area contributed by atoms with Gasteiger partial charge in [0.05, 0.1) is 12.1 Å². The number of anilines is 1. The van der Waals surface area contributed by atoms with Gasteiger partial charge in [-0.3, -0.25) is 5.41 Å². The molecule has 0 aliphatic carbocycles. The van der Waals surface area contributed by atoms with Crippen LogP contribution in [0.25, 0.3) is 0 Å². The monoisotopic (exact) mass is 713 g/mol. The zero-order chi connectivity index (χ0) is 37.8. The van der Waals surface area contributed by atoms with E-state index < -0.39 is 11.9 Å². The van der Waals surface area contributed by atoms with E-state index in [0.29, 0.717) is 50.3 Å². The molecule has 6 rings (SSSR count). The van der Waals surface area contributed by atoms with Crippen LogP contribution in [-0.4, -0.2) is 51.3 Å². The third-order valence-electron chi connectivity index (χ3n) is 9.00. The number of carbonyl (C=O) groups is 1. The molecule has 2 atom stereocenters. The van der Waals surface area contributed by atoms with Gasteiger partial charge < -0.3 is 35.8 Å². The molecule has 0 radical (unpaired) electrons. The van der Waals surface area contributed by atoms with Crippen molar-refractivity contribution in [1.29, 1.82) is 5.41 Å². The molecule has 1 heterocycles. The average Bonchev–Trinajstić information content (AvgIpc) is 3.25. The van der Waals surface area contributed by atoms with E-state index in [-0.39, 0.29) is 17.9 Å². The summed E-state index contributed by atoms with van der Waals surface area (Å²) >= 11 is 0. The standard InChI is InChI=1S/C37H43N5O4.C7H8/c1-37(2,44)46-34-19-20-41(23-29-15-18-32(38)31(21-29)35(39)40)36(43)42(33(34)22-26-9-5-3-6-10-26)24-27-13-16-30(17-14-27)45-25-28-11-7-4-8-12-28;1-7-5-3-2-4-6-7/h3-18,21,33-34,44H,19-20,22-25,38H2,1-2H3,(H3,39,40);2-6H,1H3. The third kappa shape index (κ3) is 11.7. The molecule has 9 nitrogen and oxygen atoms in total. The molecule has 1 fully saturated rings. The number of nitrogens with zero attached hydrogens (tertiary/aromatic N) is 2. The second-order valence-corrected chi connectivity index (χ2v) is 13.9. The first-order valence-corrected chi connectivity index (χ1v) is 17.9. The second-order valence-electron chi connectivity index (χ2n) is 13.9. The van der Waals surface area contributed by atoms with Gasteiger partial charge in [-0.1, -0.05) is 115 Å². The lowest BCUT2D eigenvalue weighted by molar-refractivity contribution is -0.216. The number of hydrogen-bond acceptors (Lipinski definition) is 6. The minimum atomic E-state index is -1.39. The number of amidine groups is 1. The Bertz CT molecular complexity index is 1900. The Morgan fingerprint density at radius 1 is 0.811 bits per heavy atom. The molecule has 5 aromatic carbocycles. The summed E-state index contributed by atoms with van der Waals surface area (Å²) < 4.78 is 12.3. The summed E-state index contributed by atoms with van der Waals surface area (Å²) in [4.78, 5) is 18.1. The number of nitrogens with two attached hydrogens (primary N) is 2. The third-order valence-corrected chi connectivity index (χ3v) is 9.00. The van der Waals surface area contributed by atoms with Crippen molar-refractivity contribution in [2.75, 3.05) is 12.3 Å². The molecule has 2 amide bonds. The van der Waals surface area contributed by atoms with Crippen molar-refractivity contribution in [1.82, 2.24) is 9.80 Å². The van der Waals surface area contributed by atoms with E-state index in [1.165, 1.54) is 5.56 Å². The molecule has 6 N–H and O–H groups in total. The van der Waals surface area contributed by atoms with Crippen LogP contribution in [-0.2, 0) is 30.9 Å². The summed E-state index contributed by atoms with van der Waals surface area (Å²) in [5, 5.41) is 18.7. The highest BCUT2D eigenvalue weighted by Gasteiger charge is 2.40. The molecule has 0 spiro atoms. The van der Waals surface area contributed by atoms with E-state index in [1.54, 1.807) is 30.9 Å². The Hall–Kier alpha value is -5.64. The number of aliphatic hydroxyl groups is 1. The van der Waals surface area contributed by atoms with Gasteiger partial charge in [0.2, 0.25) is 0 Å². The van der Waals surface area contributed by atoms with Crippen molar-refractivity contribution in [2.45, 2.75) is 71.2 Å². The summed E-state index contributed by atoms with van der Waals surface area (Å²) in [7, 11) is 0. The number of hydrogen-bond donors (Lipinski definition) is 4. The minimum Gasteiger partial charge on any atom is -0.489 e. The van der Waals surface area contributed by atoms with Gasteiger partial charge in [0, 0.05) is 30.9 Å². The molecular weight excluding hydrogens is 663 g/mol. The lowest BCUT2D eigenvalue weighted by Crippen LogP contribution is -2.51. The number of rotatable bonds is 12. The average molecular weight is 714 g/mol. The van der Waals surface area contributed by atoms with Crippen LogP contribution in [0.5, 0.6) is 5.75 Å². The zero-order valence-corrected chi connectivity index (χ0v) is 30.8. The highest BCUT2D eigenvalue weighted by molar-refractivity contribution is 6.00. The van der Waals surface area contributed by atoms with Crippen LogP contribution < -0.4 is 16.2 Å². The quantitative estimate of drug-likeness (QED) is 0.0453. The number of ether oxygens (including phenoxy) is 2. The lowest BCUT2D eigenvalue weighted by atomic mass is 9.97. The summed E-state index contributed by atoms with van der Waals surface area (Å²) in [6.45, 7) is 6.83. The van der Waals surface area contributed by atoms with Gasteiger partial charge in [0.25, 0.3) is 0 Å². The van der Waals surface area contributed by atoms with Gasteiger partial charge in [-0.05, 0) is 80.1 Å².